The second-order valence-electron chi connectivity index (χ2n) is 7.59. The molecule has 1 unspecified atom stereocenters. The summed E-state index contributed by atoms with van der Waals surface area (Å²) in [6.07, 6.45) is 0. The number of amides is 1. The van der Waals surface area contributed by atoms with Crippen molar-refractivity contribution in [2.24, 2.45) is 0 Å². The van der Waals surface area contributed by atoms with Crippen molar-refractivity contribution in [3.63, 3.8) is 0 Å². The number of aliphatic hydroxyl groups excluding tert-OH is 1. The van der Waals surface area contributed by atoms with Crippen LogP contribution in [0.4, 0.5) is 0 Å². The lowest BCUT2D eigenvalue weighted by Crippen LogP contribution is -2.50. The Labute approximate surface area is 179 Å². The van der Waals surface area contributed by atoms with Gasteiger partial charge in [0.2, 0.25) is 5.91 Å². The van der Waals surface area contributed by atoms with Crippen LogP contribution in [0.1, 0.15) is 11.5 Å². The molecule has 2 saturated heterocycles. The summed E-state index contributed by atoms with van der Waals surface area (Å²) >= 11 is 1.61. The van der Waals surface area contributed by atoms with Gasteiger partial charge >= 0.3 is 0 Å². The number of hydrogen-bond acceptors (Lipinski definition) is 7. The zero-order chi connectivity index (χ0) is 20.5. The summed E-state index contributed by atoms with van der Waals surface area (Å²) in [5.41, 5.74) is 3.59. The normalized spacial score (nSPS) is 19.2. The highest BCUT2D eigenvalue weighted by molar-refractivity contribution is 7.97. The Balaban J connectivity index is 1.14. The van der Waals surface area contributed by atoms with Crippen LogP contribution in [0.2, 0.25) is 0 Å². The van der Waals surface area contributed by atoms with Crippen LogP contribution in [0.3, 0.4) is 0 Å². The molecule has 8 heteroatoms. The number of fused-ring (bicyclic) bond motifs is 1. The Morgan fingerprint density at radius 3 is 2.53 bits per heavy atom. The van der Waals surface area contributed by atoms with Gasteiger partial charge in [-0.15, -0.1) is 0 Å². The number of ether oxygens (including phenoxy) is 2. The molecule has 2 aromatic rings. The van der Waals surface area contributed by atoms with Crippen molar-refractivity contribution in [1.29, 1.82) is 0 Å². The van der Waals surface area contributed by atoms with Gasteiger partial charge in [-0.3, -0.25) is 4.79 Å². The highest BCUT2D eigenvalue weighted by Crippen LogP contribution is 2.36. The van der Waals surface area contributed by atoms with Gasteiger partial charge in [0.15, 0.2) is 5.75 Å². The van der Waals surface area contributed by atoms with Gasteiger partial charge < -0.3 is 19.5 Å². The third-order valence-electron chi connectivity index (χ3n) is 5.59. The van der Waals surface area contributed by atoms with E-state index in [2.05, 4.69) is 9.29 Å². The maximum Gasteiger partial charge on any atom is 0.258 e. The van der Waals surface area contributed by atoms with E-state index in [1.54, 1.807) is 11.9 Å². The van der Waals surface area contributed by atoms with E-state index in [0.717, 1.165) is 23.7 Å². The number of pyridine rings is 1. The summed E-state index contributed by atoms with van der Waals surface area (Å²) in [6.45, 7) is 4.01. The second kappa shape index (κ2) is 8.29. The molecule has 3 aliphatic heterocycles. The predicted molar refractivity (Wildman–Crippen MR) is 113 cm³/mol. The molecule has 1 amide bonds. The third-order valence-corrected chi connectivity index (χ3v) is 6.53. The standard InChI is InChI=1S/C22H23N3O4S/c26-14-18(15-4-2-1-3-5-15)22(27)24-10-16(11-24)17-12-25(13-17)30-20-7-6-19-21(23-20)29-9-8-28-19/h1-7,18,26H,8-14H2. The molecule has 156 valence electrons. The molecule has 5 rings (SSSR count). The molecule has 1 aromatic heterocycles. The van der Waals surface area contributed by atoms with Gasteiger partial charge in [0.1, 0.15) is 18.2 Å². The Kier molecular flexibility index (Phi) is 5.37. The molecule has 3 aliphatic rings. The molecule has 4 heterocycles. The first-order chi connectivity index (χ1) is 14.7. The minimum atomic E-state index is -0.479. The molecule has 0 spiro atoms. The van der Waals surface area contributed by atoms with E-state index < -0.39 is 5.92 Å². The van der Waals surface area contributed by atoms with Crippen LogP contribution < -0.4 is 9.47 Å². The number of carbonyl (C=O) groups excluding carboxylic acids is 1. The van der Waals surface area contributed by atoms with Gasteiger partial charge in [-0.2, -0.15) is 0 Å². The van der Waals surface area contributed by atoms with Crippen LogP contribution in [0.5, 0.6) is 11.6 Å². The average Bonchev–Trinajstić information content (AvgIpc) is 2.72. The van der Waals surface area contributed by atoms with Crippen molar-refractivity contribution in [2.75, 3.05) is 46.0 Å². The minimum absolute atomic E-state index is 0.000849. The van der Waals surface area contributed by atoms with Crippen LogP contribution in [-0.2, 0) is 4.79 Å². The van der Waals surface area contributed by atoms with Crippen molar-refractivity contribution in [3.05, 3.63) is 59.2 Å². The quantitative estimate of drug-likeness (QED) is 0.581. The lowest BCUT2D eigenvalue weighted by atomic mass is 9.92. The zero-order valence-corrected chi connectivity index (χ0v) is 17.3. The molecule has 0 radical (unpaired) electrons. The highest BCUT2D eigenvalue weighted by atomic mass is 32.2. The summed E-state index contributed by atoms with van der Waals surface area (Å²) < 4.78 is 13.3. The van der Waals surface area contributed by atoms with E-state index in [1.165, 1.54) is 11.1 Å². The number of nitrogens with zero attached hydrogens (tertiary/aromatic N) is 3. The SMILES string of the molecule is O=C(C(CO)c1ccccc1)N1CC(=C2CN(Sc3ccc4c(n3)OCCO4)C2)C1. The molecule has 1 aromatic carbocycles. The lowest BCUT2D eigenvalue weighted by molar-refractivity contribution is -0.135. The van der Waals surface area contributed by atoms with E-state index in [0.29, 0.717) is 37.9 Å². The van der Waals surface area contributed by atoms with E-state index in [-0.39, 0.29) is 12.5 Å². The molecule has 2 fully saturated rings. The number of benzene rings is 1. The Morgan fingerprint density at radius 2 is 1.77 bits per heavy atom. The summed E-state index contributed by atoms with van der Waals surface area (Å²) in [5, 5.41) is 10.6. The van der Waals surface area contributed by atoms with Crippen molar-refractivity contribution in [3.8, 4) is 11.6 Å². The van der Waals surface area contributed by atoms with E-state index in [9.17, 15) is 9.90 Å². The Hall–Kier alpha value is -2.55. The highest BCUT2D eigenvalue weighted by Gasteiger charge is 2.35. The number of likely N-dealkylation sites (tertiary alicyclic amines) is 1. The first kappa shape index (κ1) is 19.4. The molecule has 0 bridgehead atoms. The fourth-order valence-electron chi connectivity index (χ4n) is 3.79. The maximum atomic E-state index is 12.8. The fourth-order valence-corrected chi connectivity index (χ4v) is 4.75. The molecule has 7 nitrogen and oxygen atoms in total. The van der Waals surface area contributed by atoms with Gasteiger partial charge in [0.25, 0.3) is 5.88 Å². The average molecular weight is 426 g/mol. The number of carbonyl (C=O) groups is 1. The largest absolute Gasteiger partial charge is 0.484 e. The van der Waals surface area contributed by atoms with Crippen LogP contribution in [0.15, 0.2) is 58.6 Å². The summed E-state index contributed by atoms with van der Waals surface area (Å²) in [6, 6.07) is 13.3. The number of aliphatic hydroxyl groups is 1. The number of rotatable bonds is 5. The van der Waals surface area contributed by atoms with Gasteiger partial charge in [-0.1, -0.05) is 30.3 Å². The van der Waals surface area contributed by atoms with E-state index in [4.69, 9.17) is 9.47 Å². The van der Waals surface area contributed by atoms with Gasteiger partial charge in [0.05, 0.1) is 12.5 Å². The first-order valence-corrected chi connectivity index (χ1v) is 10.8. The molecule has 30 heavy (non-hydrogen) atoms. The molecular formula is C22H23N3O4S. The van der Waals surface area contributed by atoms with Crippen LogP contribution in [-0.4, -0.2) is 71.2 Å². The van der Waals surface area contributed by atoms with Gasteiger partial charge in [-0.05, 0) is 40.8 Å². The third kappa shape index (κ3) is 3.78. The predicted octanol–water partition coefficient (Wildman–Crippen LogP) is 2.09. The molecule has 0 saturated carbocycles. The summed E-state index contributed by atoms with van der Waals surface area (Å²) in [4.78, 5) is 19.1. The van der Waals surface area contributed by atoms with Crippen molar-refractivity contribution >= 4 is 17.9 Å². The monoisotopic (exact) mass is 425 g/mol. The Bertz CT molecular complexity index is 966. The van der Waals surface area contributed by atoms with Crippen molar-refractivity contribution < 1.29 is 19.4 Å². The number of hydrogen-bond donors (Lipinski definition) is 1. The molecule has 1 atom stereocenters. The topological polar surface area (TPSA) is 75.1 Å². The molecule has 0 aliphatic carbocycles. The zero-order valence-electron chi connectivity index (χ0n) is 16.5. The van der Waals surface area contributed by atoms with E-state index in [1.807, 2.05) is 47.4 Å². The minimum Gasteiger partial charge on any atom is -0.484 e. The fraction of sp³-hybridized carbons (Fsp3) is 0.364. The van der Waals surface area contributed by atoms with Gasteiger partial charge in [-0.25, -0.2) is 9.29 Å². The lowest BCUT2D eigenvalue weighted by Gasteiger charge is -2.42. The Morgan fingerprint density at radius 1 is 1.03 bits per heavy atom. The van der Waals surface area contributed by atoms with Crippen LogP contribution in [0.25, 0.3) is 0 Å². The first-order valence-electron chi connectivity index (χ1n) is 10.0. The summed E-state index contributed by atoms with van der Waals surface area (Å²) in [7, 11) is 0. The van der Waals surface area contributed by atoms with Crippen molar-refractivity contribution in [2.45, 2.75) is 10.9 Å². The summed E-state index contributed by atoms with van der Waals surface area (Å²) in [5.74, 6) is 0.787. The smallest absolute Gasteiger partial charge is 0.258 e. The maximum absolute atomic E-state index is 12.8. The number of aromatic nitrogens is 1. The van der Waals surface area contributed by atoms with Gasteiger partial charge in [0, 0.05) is 26.2 Å². The molecular weight excluding hydrogens is 402 g/mol. The second-order valence-corrected chi connectivity index (χ2v) is 8.70. The van der Waals surface area contributed by atoms with Crippen LogP contribution in [0, 0.1) is 0 Å². The molecule has 1 N–H and O–H groups in total. The van der Waals surface area contributed by atoms with Crippen molar-refractivity contribution in [1.82, 2.24) is 14.2 Å². The van der Waals surface area contributed by atoms with Crippen LogP contribution >= 0.6 is 11.9 Å². The van der Waals surface area contributed by atoms with E-state index >= 15 is 0 Å².